The summed E-state index contributed by atoms with van der Waals surface area (Å²) in [4.78, 5) is 12.5. The molecule has 0 spiro atoms. The van der Waals surface area contributed by atoms with Crippen LogP contribution in [0.5, 0.6) is 0 Å². The average Bonchev–Trinajstić information content (AvgIpc) is 2.89. The molecule has 1 aromatic carbocycles. The first-order chi connectivity index (χ1) is 8.24. The van der Waals surface area contributed by atoms with Crippen molar-refractivity contribution in [3.63, 3.8) is 0 Å². The van der Waals surface area contributed by atoms with Gasteiger partial charge < -0.3 is 10.4 Å². The van der Waals surface area contributed by atoms with Gasteiger partial charge in [0.1, 0.15) is 0 Å². The van der Waals surface area contributed by atoms with Crippen molar-refractivity contribution in [1.29, 1.82) is 0 Å². The van der Waals surface area contributed by atoms with Crippen molar-refractivity contribution >= 4 is 23.4 Å². The van der Waals surface area contributed by atoms with Crippen LogP contribution >= 0.6 is 11.8 Å². The molecule has 0 bridgehead atoms. The number of hydrogen-bond acceptors (Lipinski definition) is 3. The summed E-state index contributed by atoms with van der Waals surface area (Å²) in [6, 6.07) is 5.84. The summed E-state index contributed by atoms with van der Waals surface area (Å²) < 4.78 is 0. The second kappa shape index (κ2) is 4.35. The van der Waals surface area contributed by atoms with Crippen LogP contribution in [0.25, 0.3) is 0 Å². The van der Waals surface area contributed by atoms with Gasteiger partial charge in [-0.25, -0.2) is 0 Å². The number of anilines is 1. The molecule has 1 aliphatic carbocycles. The van der Waals surface area contributed by atoms with Crippen LogP contribution in [-0.2, 0) is 4.79 Å². The molecular formula is C13H15NO2S. The fourth-order valence-electron chi connectivity index (χ4n) is 2.50. The third-order valence-corrected chi connectivity index (χ3v) is 4.76. The lowest BCUT2D eigenvalue weighted by Gasteiger charge is -2.09. The molecule has 1 unspecified atom stereocenters. The lowest BCUT2D eigenvalue weighted by atomic mass is 10.1. The van der Waals surface area contributed by atoms with Crippen molar-refractivity contribution in [2.45, 2.75) is 41.9 Å². The maximum atomic E-state index is 11.3. The molecule has 1 atom stereocenters. The van der Waals surface area contributed by atoms with Crippen LogP contribution < -0.4 is 5.32 Å². The molecule has 1 heterocycles. The van der Waals surface area contributed by atoms with E-state index in [1.54, 1.807) is 0 Å². The van der Waals surface area contributed by atoms with Gasteiger partial charge in [0.25, 0.3) is 5.91 Å². The van der Waals surface area contributed by atoms with Crippen molar-refractivity contribution < 1.29 is 9.90 Å². The molecular weight excluding hydrogens is 234 g/mol. The van der Waals surface area contributed by atoms with Crippen molar-refractivity contribution in [3.8, 4) is 0 Å². The third-order valence-electron chi connectivity index (χ3n) is 3.43. The van der Waals surface area contributed by atoms with Crippen LogP contribution in [0.15, 0.2) is 23.1 Å². The molecule has 0 saturated heterocycles. The monoisotopic (exact) mass is 249 g/mol. The van der Waals surface area contributed by atoms with Gasteiger partial charge in [-0.1, -0.05) is 18.9 Å². The molecule has 1 fully saturated rings. The zero-order chi connectivity index (χ0) is 11.8. The molecule has 1 aliphatic heterocycles. The standard InChI is InChI=1S/C13H15NO2S/c15-12-10-6-5-9(7-11(10)14-13(12)16)17-8-3-1-2-4-8/h5-8,12,15H,1-4H2,(H,14,16). The fraction of sp³-hybridized carbons (Fsp3) is 0.462. The predicted molar refractivity (Wildman–Crippen MR) is 68.1 cm³/mol. The molecule has 1 aromatic rings. The van der Waals surface area contributed by atoms with E-state index in [9.17, 15) is 9.90 Å². The van der Waals surface area contributed by atoms with Crippen LogP contribution in [0.3, 0.4) is 0 Å². The highest BCUT2D eigenvalue weighted by Gasteiger charge is 2.28. The van der Waals surface area contributed by atoms with E-state index in [1.807, 2.05) is 30.0 Å². The summed E-state index contributed by atoms with van der Waals surface area (Å²) in [7, 11) is 0. The molecule has 2 aliphatic rings. The summed E-state index contributed by atoms with van der Waals surface area (Å²) >= 11 is 1.89. The highest BCUT2D eigenvalue weighted by molar-refractivity contribution is 8.00. The summed E-state index contributed by atoms with van der Waals surface area (Å²) in [6.07, 6.45) is 4.25. The van der Waals surface area contributed by atoms with Gasteiger partial charge >= 0.3 is 0 Å². The third kappa shape index (κ3) is 2.07. The Morgan fingerprint density at radius 2 is 2.06 bits per heavy atom. The van der Waals surface area contributed by atoms with Crippen molar-refractivity contribution in [1.82, 2.24) is 0 Å². The van der Waals surface area contributed by atoms with Crippen molar-refractivity contribution in [2.24, 2.45) is 0 Å². The highest BCUT2D eigenvalue weighted by Crippen LogP contribution is 2.38. The number of benzene rings is 1. The van der Waals surface area contributed by atoms with Gasteiger partial charge in [-0.3, -0.25) is 4.79 Å². The summed E-state index contributed by atoms with van der Waals surface area (Å²) in [5.74, 6) is -0.317. The fourth-order valence-corrected chi connectivity index (χ4v) is 3.78. The second-order valence-corrected chi connectivity index (χ2v) is 6.04. The van der Waals surface area contributed by atoms with Gasteiger partial charge in [-0.2, -0.15) is 0 Å². The Kier molecular flexibility index (Phi) is 2.84. The molecule has 4 heteroatoms. The number of fused-ring (bicyclic) bond motifs is 1. The summed E-state index contributed by atoms with van der Waals surface area (Å²) in [5.41, 5.74) is 1.47. The number of hydrogen-bond donors (Lipinski definition) is 2. The number of aliphatic hydroxyl groups excluding tert-OH is 1. The van der Waals surface area contributed by atoms with E-state index in [2.05, 4.69) is 5.32 Å². The summed E-state index contributed by atoms with van der Waals surface area (Å²) in [6.45, 7) is 0. The van der Waals surface area contributed by atoms with Crippen LogP contribution in [0.2, 0.25) is 0 Å². The van der Waals surface area contributed by atoms with Crippen LogP contribution in [0.4, 0.5) is 5.69 Å². The van der Waals surface area contributed by atoms with E-state index in [0.29, 0.717) is 5.56 Å². The van der Waals surface area contributed by atoms with Crippen molar-refractivity contribution in [2.75, 3.05) is 5.32 Å². The Balaban J connectivity index is 1.80. The minimum absolute atomic E-state index is 0.317. The number of nitrogens with one attached hydrogen (secondary N) is 1. The van der Waals surface area contributed by atoms with Crippen LogP contribution in [0, 0.1) is 0 Å². The molecule has 90 valence electrons. The molecule has 1 saturated carbocycles. The lowest BCUT2D eigenvalue weighted by molar-refractivity contribution is -0.123. The van der Waals surface area contributed by atoms with E-state index in [1.165, 1.54) is 30.6 Å². The topological polar surface area (TPSA) is 49.3 Å². The Morgan fingerprint density at radius 3 is 2.82 bits per heavy atom. The van der Waals surface area contributed by atoms with Crippen LogP contribution in [0.1, 0.15) is 37.4 Å². The minimum atomic E-state index is -0.990. The van der Waals surface area contributed by atoms with Gasteiger partial charge in [-0.15, -0.1) is 11.8 Å². The normalized spacial score (nSPS) is 23.8. The maximum absolute atomic E-state index is 11.3. The molecule has 0 radical (unpaired) electrons. The Bertz CT molecular complexity index is 455. The van der Waals surface area contributed by atoms with Crippen molar-refractivity contribution in [3.05, 3.63) is 23.8 Å². The molecule has 17 heavy (non-hydrogen) atoms. The first kappa shape index (κ1) is 11.1. The highest BCUT2D eigenvalue weighted by atomic mass is 32.2. The van der Waals surface area contributed by atoms with E-state index < -0.39 is 6.10 Å². The Labute approximate surface area is 105 Å². The number of amides is 1. The number of carbonyl (C=O) groups is 1. The number of thioether (sulfide) groups is 1. The first-order valence-electron chi connectivity index (χ1n) is 6.03. The minimum Gasteiger partial charge on any atom is -0.378 e. The van der Waals surface area contributed by atoms with Gasteiger partial charge in [0.15, 0.2) is 6.10 Å². The summed E-state index contributed by atoms with van der Waals surface area (Å²) in [5, 5.41) is 13.0. The Morgan fingerprint density at radius 1 is 1.29 bits per heavy atom. The van der Waals surface area contributed by atoms with Gasteiger partial charge in [0.05, 0.1) is 0 Å². The largest absolute Gasteiger partial charge is 0.378 e. The van der Waals surface area contributed by atoms with Gasteiger partial charge in [-0.05, 0) is 25.0 Å². The number of carbonyl (C=O) groups excluding carboxylic acids is 1. The quantitative estimate of drug-likeness (QED) is 0.847. The van der Waals surface area contributed by atoms with E-state index >= 15 is 0 Å². The number of aliphatic hydroxyl groups is 1. The zero-order valence-corrected chi connectivity index (χ0v) is 10.3. The van der Waals surface area contributed by atoms with E-state index in [4.69, 9.17) is 0 Å². The molecule has 3 nitrogen and oxygen atoms in total. The molecule has 2 N–H and O–H groups in total. The first-order valence-corrected chi connectivity index (χ1v) is 6.91. The zero-order valence-electron chi connectivity index (χ0n) is 9.48. The van der Waals surface area contributed by atoms with Gasteiger partial charge in [0.2, 0.25) is 0 Å². The smallest absolute Gasteiger partial charge is 0.257 e. The SMILES string of the molecule is O=C1Nc2cc(SC3CCCC3)ccc2C1O. The van der Waals surface area contributed by atoms with E-state index in [0.717, 1.165) is 10.9 Å². The van der Waals surface area contributed by atoms with E-state index in [-0.39, 0.29) is 5.91 Å². The lowest BCUT2D eigenvalue weighted by Crippen LogP contribution is -2.10. The molecule has 3 rings (SSSR count). The maximum Gasteiger partial charge on any atom is 0.257 e. The number of rotatable bonds is 2. The van der Waals surface area contributed by atoms with Gasteiger partial charge in [0, 0.05) is 21.4 Å². The second-order valence-electron chi connectivity index (χ2n) is 4.67. The predicted octanol–water partition coefficient (Wildman–Crippen LogP) is 2.71. The average molecular weight is 249 g/mol. The Hall–Kier alpha value is -1.00. The molecule has 0 aromatic heterocycles. The molecule has 1 amide bonds. The van der Waals surface area contributed by atoms with Crippen LogP contribution in [-0.4, -0.2) is 16.3 Å².